The Hall–Kier alpha value is -1.58. The lowest BCUT2D eigenvalue weighted by Crippen LogP contribution is -2.06. The van der Waals surface area contributed by atoms with Crippen molar-refractivity contribution < 1.29 is 14.6 Å². The van der Waals surface area contributed by atoms with Crippen molar-refractivity contribution in [2.24, 2.45) is 0 Å². The van der Waals surface area contributed by atoms with Gasteiger partial charge in [0.1, 0.15) is 0 Å². The molecule has 1 aromatic rings. The standard InChI is InChI=1S/C16H25NO3/c1-2-3-4-5-6-7-8-9-13-20-14-11-10-12-17-15(14)16(18)19/h10-12H,2-9,13H2,1H3,(H,18,19). The van der Waals surface area contributed by atoms with Crippen molar-refractivity contribution in [3.8, 4) is 5.75 Å². The summed E-state index contributed by atoms with van der Waals surface area (Å²) in [7, 11) is 0. The van der Waals surface area contributed by atoms with Crippen molar-refractivity contribution in [2.75, 3.05) is 6.61 Å². The SMILES string of the molecule is CCCCCCCCCCOc1cccnc1C(=O)O. The third-order valence-electron chi connectivity index (χ3n) is 3.23. The Morgan fingerprint density at radius 2 is 1.80 bits per heavy atom. The first-order valence-corrected chi connectivity index (χ1v) is 7.56. The second-order valence-electron chi connectivity index (χ2n) is 4.98. The molecule has 0 fully saturated rings. The largest absolute Gasteiger partial charge is 0.491 e. The Kier molecular flexibility index (Phi) is 8.43. The average Bonchev–Trinajstić information content (AvgIpc) is 2.46. The van der Waals surface area contributed by atoms with E-state index in [0.29, 0.717) is 12.4 Å². The van der Waals surface area contributed by atoms with Crippen LogP contribution in [0.3, 0.4) is 0 Å². The summed E-state index contributed by atoms with van der Waals surface area (Å²) in [4.78, 5) is 14.8. The molecule has 1 heterocycles. The first-order valence-electron chi connectivity index (χ1n) is 7.56. The molecule has 1 aromatic heterocycles. The van der Waals surface area contributed by atoms with Gasteiger partial charge in [0.05, 0.1) is 6.61 Å². The van der Waals surface area contributed by atoms with E-state index in [4.69, 9.17) is 9.84 Å². The van der Waals surface area contributed by atoms with Gasteiger partial charge in [-0.2, -0.15) is 0 Å². The molecule has 0 saturated carbocycles. The van der Waals surface area contributed by atoms with Gasteiger partial charge in [-0.25, -0.2) is 9.78 Å². The normalized spacial score (nSPS) is 10.4. The number of nitrogens with zero attached hydrogens (tertiary/aromatic N) is 1. The van der Waals surface area contributed by atoms with Crippen LogP contribution in [0.15, 0.2) is 18.3 Å². The summed E-state index contributed by atoms with van der Waals surface area (Å²) in [5.74, 6) is -0.681. The molecule has 20 heavy (non-hydrogen) atoms. The van der Waals surface area contributed by atoms with E-state index in [2.05, 4.69) is 11.9 Å². The molecule has 1 N–H and O–H groups in total. The molecule has 0 aliphatic rings. The number of carboxylic acid groups (broad SMARTS) is 1. The number of rotatable bonds is 11. The Balaban J connectivity index is 2.11. The van der Waals surface area contributed by atoms with Gasteiger partial charge in [0.25, 0.3) is 0 Å². The highest BCUT2D eigenvalue weighted by Gasteiger charge is 2.11. The van der Waals surface area contributed by atoms with Crippen LogP contribution in [0.5, 0.6) is 5.75 Å². The highest BCUT2D eigenvalue weighted by atomic mass is 16.5. The van der Waals surface area contributed by atoms with Gasteiger partial charge in [-0.3, -0.25) is 0 Å². The molecule has 4 heteroatoms. The second-order valence-corrected chi connectivity index (χ2v) is 4.98. The minimum absolute atomic E-state index is 0.00735. The van der Waals surface area contributed by atoms with Crippen molar-refractivity contribution in [1.29, 1.82) is 0 Å². The van der Waals surface area contributed by atoms with Crippen LogP contribution in [0.1, 0.15) is 68.8 Å². The molecule has 1 rings (SSSR count). The van der Waals surface area contributed by atoms with Crippen LogP contribution < -0.4 is 4.74 Å². The fraction of sp³-hybridized carbons (Fsp3) is 0.625. The van der Waals surface area contributed by atoms with Gasteiger partial charge in [-0.05, 0) is 18.6 Å². The van der Waals surface area contributed by atoms with Crippen LogP contribution in [0, 0.1) is 0 Å². The van der Waals surface area contributed by atoms with Gasteiger partial charge in [0.2, 0.25) is 0 Å². The van der Waals surface area contributed by atoms with Gasteiger partial charge in [-0.15, -0.1) is 0 Å². The molecule has 0 spiro atoms. The molecular weight excluding hydrogens is 254 g/mol. The number of carbonyl (C=O) groups is 1. The Bertz CT molecular complexity index is 393. The first-order chi connectivity index (χ1) is 9.75. The van der Waals surface area contributed by atoms with E-state index in [1.54, 1.807) is 12.1 Å². The molecular formula is C16H25NO3. The zero-order chi connectivity index (χ0) is 14.6. The molecule has 0 unspecified atom stereocenters. The van der Waals surface area contributed by atoms with E-state index in [0.717, 1.165) is 12.8 Å². The second kappa shape index (κ2) is 10.2. The maximum absolute atomic E-state index is 10.9. The maximum atomic E-state index is 10.9. The van der Waals surface area contributed by atoms with Crippen LogP contribution in [0.2, 0.25) is 0 Å². The quantitative estimate of drug-likeness (QED) is 0.613. The summed E-state index contributed by atoms with van der Waals surface area (Å²) >= 11 is 0. The number of hydrogen-bond donors (Lipinski definition) is 1. The Labute approximate surface area is 121 Å². The molecule has 0 amide bonds. The van der Waals surface area contributed by atoms with Crippen molar-refractivity contribution in [2.45, 2.75) is 58.3 Å². The minimum atomic E-state index is -1.04. The van der Waals surface area contributed by atoms with Crippen LogP contribution in [-0.4, -0.2) is 22.7 Å². The van der Waals surface area contributed by atoms with Gasteiger partial charge in [-0.1, -0.05) is 51.9 Å². The molecule has 4 nitrogen and oxygen atoms in total. The van der Waals surface area contributed by atoms with Crippen molar-refractivity contribution >= 4 is 5.97 Å². The monoisotopic (exact) mass is 279 g/mol. The summed E-state index contributed by atoms with van der Waals surface area (Å²) in [6.07, 6.45) is 11.3. The number of unbranched alkanes of at least 4 members (excludes halogenated alkanes) is 7. The number of aromatic nitrogens is 1. The Morgan fingerprint density at radius 3 is 2.45 bits per heavy atom. The number of carboxylic acids is 1. The third kappa shape index (κ3) is 6.55. The lowest BCUT2D eigenvalue weighted by atomic mass is 10.1. The highest BCUT2D eigenvalue weighted by Crippen LogP contribution is 2.16. The van der Waals surface area contributed by atoms with E-state index in [1.807, 2.05) is 0 Å². The summed E-state index contributed by atoms with van der Waals surface area (Å²) in [5.41, 5.74) is -0.00735. The van der Waals surface area contributed by atoms with Gasteiger partial charge in [0.15, 0.2) is 11.4 Å². The number of pyridine rings is 1. The average molecular weight is 279 g/mol. The summed E-state index contributed by atoms with van der Waals surface area (Å²) in [6, 6.07) is 3.34. The Morgan fingerprint density at radius 1 is 1.15 bits per heavy atom. The number of hydrogen-bond acceptors (Lipinski definition) is 3. The molecule has 0 aromatic carbocycles. The van der Waals surface area contributed by atoms with Gasteiger partial charge < -0.3 is 9.84 Å². The van der Waals surface area contributed by atoms with E-state index in [-0.39, 0.29) is 5.69 Å². The summed E-state index contributed by atoms with van der Waals surface area (Å²) in [6.45, 7) is 2.78. The topological polar surface area (TPSA) is 59.4 Å². The summed E-state index contributed by atoms with van der Waals surface area (Å²) in [5, 5.41) is 8.97. The summed E-state index contributed by atoms with van der Waals surface area (Å²) < 4.78 is 5.50. The van der Waals surface area contributed by atoms with Crippen LogP contribution in [0.4, 0.5) is 0 Å². The van der Waals surface area contributed by atoms with Crippen LogP contribution in [0.25, 0.3) is 0 Å². The van der Waals surface area contributed by atoms with E-state index < -0.39 is 5.97 Å². The molecule has 0 radical (unpaired) electrons. The van der Waals surface area contributed by atoms with E-state index in [1.165, 1.54) is 44.7 Å². The highest BCUT2D eigenvalue weighted by molar-refractivity contribution is 5.88. The molecule has 112 valence electrons. The fourth-order valence-corrected chi connectivity index (χ4v) is 2.09. The zero-order valence-corrected chi connectivity index (χ0v) is 12.3. The van der Waals surface area contributed by atoms with E-state index in [9.17, 15) is 4.79 Å². The molecule has 0 atom stereocenters. The predicted molar refractivity (Wildman–Crippen MR) is 79.3 cm³/mol. The minimum Gasteiger partial charge on any atom is -0.491 e. The molecule has 0 aliphatic carbocycles. The maximum Gasteiger partial charge on any atom is 0.358 e. The first kappa shape index (κ1) is 16.5. The van der Waals surface area contributed by atoms with Gasteiger partial charge in [0, 0.05) is 6.20 Å². The van der Waals surface area contributed by atoms with Crippen molar-refractivity contribution in [3.05, 3.63) is 24.0 Å². The van der Waals surface area contributed by atoms with Crippen molar-refractivity contribution in [1.82, 2.24) is 4.98 Å². The molecule has 0 saturated heterocycles. The zero-order valence-electron chi connectivity index (χ0n) is 12.3. The molecule has 0 aliphatic heterocycles. The fourth-order valence-electron chi connectivity index (χ4n) is 2.09. The van der Waals surface area contributed by atoms with Crippen LogP contribution in [-0.2, 0) is 0 Å². The number of aromatic carboxylic acids is 1. The predicted octanol–water partition coefficient (Wildman–Crippen LogP) is 4.30. The third-order valence-corrected chi connectivity index (χ3v) is 3.23. The van der Waals surface area contributed by atoms with E-state index >= 15 is 0 Å². The van der Waals surface area contributed by atoms with Crippen LogP contribution >= 0.6 is 0 Å². The molecule has 0 bridgehead atoms. The number of ether oxygens (including phenoxy) is 1. The lowest BCUT2D eigenvalue weighted by Gasteiger charge is -2.08. The lowest BCUT2D eigenvalue weighted by molar-refractivity contribution is 0.0685. The van der Waals surface area contributed by atoms with Crippen molar-refractivity contribution in [3.63, 3.8) is 0 Å². The smallest absolute Gasteiger partial charge is 0.358 e. The van der Waals surface area contributed by atoms with Gasteiger partial charge >= 0.3 is 5.97 Å².